The predicted molar refractivity (Wildman–Crippen MR) is 124 cm³/mol. The quantitative estimate of drug-likeness (QED) is 0.314. The largest absolute Gasteiger partial charge is 0.248 e. The highest BCUT2D eigenvalue weighted by Gasteiger charge is 2.10. The monoisotopic (exact) mass is 373 g/mol. The van der Waals surface area contributed by atoms with Crippen molar-refractivity contribution >= 4 is 21.5 Å². The molecule has 140 valence electrons. The molecule has 0 N–H and O–H groups in total. The third-order valence-corrected chi connectivity index (χ3v) is 5.60. The lowest BCUT2D eigenvalue weighted by Crippen LogP contribution is -1.95. The van der Waals surface area contributed by atoms with Crippen molar-refractivity contribution in [2.45, 2.75) is 19.8 Å². The predicted octanol–water partition coefficient (Wildman–Crippen LogP) is 7.85. The molecule has 1 nitrogen and oxygen atoms in total. The Labute approximate surface area is 171 Å². The van der Waals surface area contributed by atoms with E-state index in [0.717, 1.165) is 22.5 Å². The molecule has 0 aliphatic heterocycles. The number of aromatic nitrogens is 1. The van der Waals surface area contributed by atoms with Crippen LogP contribution >= 0.6 is 0 Å². The topological polar surface area (TPSA) is 12.9 Å². The van der Waals surface area contributed by atoms with E-state index in [1.807, 2.05) is 0 Å². The average Bonchev–Trinajstić information content (AvgIpc) is 2.78. The molecule has 1 heterocycles. The summed E-state index contributed by atoms with van der Waals surface area (Å²) in [6.45, 7) is 4.48. The van der Waals surface area contributed by atoms with Gasteiger partial charge >= 0.3 is 0 Å². The molecule has 0 fully saturated rings. The van der Waals surface area contributed by atoms with Crippen LogP contribution in [0.2, 0.25) is 0 Å². The Kier molecular flexibility index (Phi) is 4.37. The lowest BCUT2D eigenvalue weighted by atomic mass is 9.96. The Bertz CT molecular complexity index is 1230. The van der Waals surface area contributed by atoms with Gasteiger partial charge in [0.1, 0.15) is 0 Å². The van der Waals surface area contributed by atoms with Gasteiger partial charge in [-0.15, -0.1) is 0 Å². The molecule has 0 bridgehead atoms. The van der Waals surface area contributed by atoms with Crippen LogP contribution in [0.4, 0.5) is 0 Å². The Morgan fingerprint density at radius 2 is 0.966 bits per heavy atom. The first-order valence-corrected chi connectivity index (χ1v) is 10.2. The van der Waals surface area contributed by atoms with Crippen molar-refractivity contribution in [2.75, 3.05) is 0 Å². The molecule has 5 rings (SSSR count). The first kappa shape index (κ1) is 17.6. The highest BCUT2D eigenvalue weighted by molar-refractivity contribution is 5.88. The van der Waals surface area contributed by atoms with Crippen LogP contribution in [0.5, 0.6) is 0 Å². The highest BCUT2D eigenvalue weighted by Crippen LogP contribution is 2.31. The second-order valence-corrected chi connectivity index (χ2v) is 7.95. The van der Waals surface area contributed by atoms with Crippen molar-refractivity contribution in [1.29, 1.82) is 0 Å². The van der Waals surface area contributed by atoms with Gasteiger partial charge in [0.15, 0.2) is 0 Å². The van der Waals surface area contributed by atoms with Gasteiger partial charge in [0.05, 0.1) is 11.4 Å². The SMILES string of the molecule is CC(C)c1cc(-c2ccc3ccccc3c2)nc(-c2ccc3ccccc3c2)c1. The molecule has 0 spiro atoms. The van der Waals surface area contributed by atoms with Crippen LogP contribution in [-0.4, -0.2) is 4.98 Å². The molecule has 0 atom stereocenters. The van der Waals surface area contributed by atoms with Crippen LogP contribution in [0.3, 0.4) is 0 Å². The first-order chi connectivity index (χ1) is 14.2. The van der Waals surface area contributed by atoms with Gasteiger partial charge in [-0.25, -0.2) is 4.98 Å². The minimum absolute atomic E-state index is 0.441. The second-order valence-electron chi connectivity index (χ2n) is 7.95. The van der Waals surface area contributed by atoms with Gasteiger partial charge in [0.25, 0.3) is 0 Å². The van der Waals surface area contributed by atoms with Crippen molar-refractivity contribution in [2.24, 2.45) is 0 Å². The van der Waals surface area contributed by atoms with Crippen LogP contribution in [-0.2, 0) is 0 Å². The van der Waals surface area contributed by atoms with Crippen molar-refractivity contribution in [3.8, 4) is 22.5 Å². The molecule has 29 heavy (non-hydrogen) atoms. The summed E-state index contributed by atoms with van der Waals surface area (Å²) in [7, 11) is 0. The molecule has 1 aromatic heterocycles. The number of rotatable bonds is 3. The van der Waals surface area contributed by atoms with Crippen LogP contribution in [0, 0.1) is 0 Å². The number of nitrogens with zero attached hydrogens (tertiary/aromatic N) is 1. The zero-order valence-electron chi connectivity index (χ0n) is 16.8. The van der Waals surface area contributed by atoms with Gasteiger partial charge in [-0.05, 0) is 57.3 Å². The summed E-state index contributed by atoms with van der Waals surface area (Å²) in [5.41, 5.74) is 5.70. The van der Waals surface area contributed by atoms with E-state index in [1.54, 1.807) is 0 Å². The minimum atomic E-state index is 0.441. The van der Waals surface area contributed by atoms with Crippen LogP contribution in [0.15, 0.2) is 97.1 Å². The van der Waals surface area contributed by atoms with E-state index in [9.17, 15) is 0 Å². The molecule has 0 saturated heterocycles. The van der Waals surface area contributed by atoms with Gasteiger partial charge in [0, 0.05) is 11.1 Å². The summed E-state index contributed by atoms with van der Waals surface area (Å²) in [4.78, 5) is 5.07. The van der Waals surface area contributed by atoms with Gasteiger partial charge < -0.3 is 0 Å². The molecule has 0 aliphatic rings. The maximum atomic E-state index is 5.07. The normalized spacial score (nSPS) is 11.4. The minimum Gasteiger partial charge on any atom is -0.248 e. The Morgan fingerprint density at radius 1 is 0.517 bits per heavy atom. The van der Waals surface area contributed by atoms with E-state index >= 15 is 0 Å². The summed E-state index contributed by atoms with van der Waals surface area (Å²) in [5, 5.41) is 5.00. The lowest BCUT2D eigenvalue weighted by Gasteiger charge is -2.13. The number of pyridine rings is 1. The fourth-order valence-corrected chi connectivity index (χ4v) is 3.88. The van der Waals surface area contributed by atoms with Crippen LogP contribution < -0.4 is 0 Å². The molecule has 1 heteroatoms. The third kappa shape index (κ3) is 3.40. The molecular formula is C28H23N. The zero-order chi connectivity index (χ0) is 19.8. The van der Waals surface area contributed by atoms with E-state index in [1.165, 1.54) is 27.1 Å². The Balaban J connectivity index is 1.68. The van der Waals surface area contributed by atoms with E-state index < -0.39 is 0 Å². The number of fused-ring (bicyclic) bond motifs is 2. The van der Waals surface area contributed by atoms with Gasteiger partial charge in [-0.3, -0.25) is 0 Å². The third-order valence-electron chi connectivity index (χ3n) is 5.60. The summed E-state index contributed by atoms with van der Waals surface area (Å²) >= 11 is 0. The standard InChI is InChI=1S/C28H23N/c1-19(2)26-17-27(24-13-11-20-7-3-5-9-22(20)15-24)29-28(18-26)25-14-12-21-8-4-6-10-23(21)16-25/h3-19H,1-2H3. The molecular weight excluding hydrogens is 350 g/mol. The van der Waals surface area contributed by atoms with Gasteiger partial charge in [-0.2, -0.15) is 0 Å². The van der Waals surface area contributed by atoms with Crippen molar-refractivity contribution in [3.63, 3.8) is 0 Å². The Hall–Kier alpha value is -3.45. The van der Waals surface area contributed by atoms with Gasteiger partial charge in [-0.1, -0.05) is 86.6 Å². The van der Waals surface area contributed by atoms with Crippen molar-refractivity contribution in [3.05, 3.63) is 103 Å². The van der Waals surface area contributed by atoms with Crippen LogP contribution in [0.25, 0.3) is 44.1 Å². The molecule has 0 unspecified atom stereocenters. The van der Waals surface area contributed by atoms with Crippen molar-refractivity contribution < 1.29 is 0 Å². The summed E-state index contributed by atoms with van der Waals surface area (Å²) < 4.78 is 0. The fraction of sp³-hybridized carbons (Fsp3) is 0.107. The smallest absolute Gasteiger partial charge is 0.0712 e. The number of benzene rings is 4. The zero-order valence-corrected chi connectivity index (χ0v) is 16.8. The van der Waals surface area contributed by atoms with E-state index in [0.29, 0.717) is 5.92 Å². The van der Waals surface area contributed by atoms with E-state index in [2.05, 4.69) is 111 Å². The summed E-state index contributed by atoms with van der Waals surface area (Å²) in [5.74, 6) is 0.441. The molecule has 4 aromatic carbocycles. The van der Waals surface area contributed by atoms with E-state index in [-0.39, 0.29) is 0 Å². The van der Waals surface area contributed by atoms with Crippen molar-refractivity contribution in [1.82, 2.24) is 4.98 Å². The highest BCUT2D eigenvalue weighted by atomic mass is 14.7. The summed E-state index contributed by atoms with van der Waals surface area (Å²) in [6.07, 6.45) is 0. The lowest BCUT2D eigenvalue weighted by molar-refractivity contribution is 0.864. The number of hydrogen-bond acceptors (Lipinski definition) is 1. The first-order valence-electron chi connectivity index (χ1n) is 10.2. The maximum Gasteiger partial charge on any atom is 0.0712 e. The molecule has 0 aliphatic carbocycles. The van der Waals surface area contributed by atoms with Gasteiger partial charge in [0.2, 0.25) is 0 Å². The molecule has 0 radical (unpaired) electrons. The number of hydrogen-bond donors (Lipinski definition) is 0. The maximum absolute atomic E-state index is 5.07. The molecule has 0 amide bonds. The van der Waals surface area contributed by atoms with Crippen LogP contribution in [0.1, 0.15) is 25.3 Å². The second kappa shape index (κ2) is 7.18. The Morgan fingerprint density at radius 3 is 1.41 bits per heavy atom. The average molecular weight is 373 g/mol. The fourth-order valence-electron chi connectivity index (χ4n) is 3.88. The van der Waals surface area contributed by atoms with E-state index in [4.69, 9.17) is 4.98 Å². The molecule has 0 saturated carbocycles. The summed E-state index contributed by atoms with van der Waals surface area (Å²) in [6, 6.07) is 34.6. The molecule has 5 aromatic rings.